The van der Waals surface area contributed by atoms with Crippen molar-refractivity contribution in [3.8, 4) is 0 Å². The van der Waals surface area contributed by atoms with Crippen molar-refractivity contribution in [1.29, 1.82) is 0 Å². The SMILES string of the molecule is CN(C)c1ccc(C(=O)N2CCN([C@H]3CCC[C@H]3O)CC2)nn1. The topological polar surface area (TPSA) is 72.8 Å². The third kappa shape index (κ3) is 3.45. The average Bonchev–Trinajstić information content (AvgIpc) is 3.00. The smallest absolute Gasteiger partial charge is 0.274 e. The van der Waals surface area contributed by atoms with Crippen LogP contribution >= 0.6 is 0 Å². The molecular weight excluding hydrogens is 294 g/mol. The van der Waals surface area contributed by atoms with E-state index < -0.39 is 0 Å². The van der Waals surface area contributed by atoms with Crippen molar-refractivity contribution in [2.75, 3.05) is 45.2 Å². The maximum Gasteiger partial charge on any atom is 0.274 e. The molecule has 1 aromatic rings. The van der Waals surface area contributed by atoms with E-state index >= 15 is 0 Å². The van der Waals surface area contributed by atoms with Crippen molar-refractivity contribution < 1.29 is 9.90 Å². The van der Waals surface area contributed by atoms with Crippen LogP contribution in [-0.4, -0.2) is 83.4 Å². The fourth-order valence-corrected chi connectivity index (χ4v) is 3.44. The molecule has 2 heterocycles. The van der Waals surface area contributed by atoms with E-state index in [1.165, 1.54) is 0 Å². The van der Waals surface area contributed by atoms with Crippen molar-refractivity contribution in [2.24, 2.45) is 0 Å². The van der Waals surface area contributed by atoms with Crippen LogP contribution in [0.3, 0.4) is 0 Å². The molecule has 1 aliphatic carbocycles. The molecule has 3 rings (SSSR count). The Morgan fingerprint density at radius 3 is 2.43 bits per heavy atom. The lowest BCUT2D eigenvalue weighted by Crippen LogP contribution is -2.53. The second-order valence-corrected chi connectivity index (χ2v) is 6.56. The highest BCUT2D eigenvalue weighted by Crippen LogP contribution is 2.25. The van der Waals surface area contributed by atoms with E-state index in [4.69, 9.17) is 0 Å². The fraction of sp³-hybridized carbons (Fsp3) is 0.688. The highest BCUT2D eigenvalue weighted by molar-refractivity contribution is 5.92. The van der Waals surface area contributed by atoms with Gasteiger partial charge in [-0.2, -0.15) is 0 Å². The Labute approximate surface area is 136 Å². The van der Waals surface area contributed by atoms with Gasteiger partial charge in [0.15, 0.2) is 11.5 Å². The van der Waals surface area contributed by atoms with Gasteiger partial charge in [-0.05, 0) is 31.4 Å². The molecule has 0 unspecified atom stereocenters. The van der Waals surface area contributed by atoms with Crippen molar-refractivity contribution in [1.82, 2.24) is 20.0 Å². The van der Waals surface area contributed by atoms with Crippen molar-refractivity contribution in [3.05, 3.63) is 17.8 Å². The van der Waals surface area contributed by atoms with Gasteiger partial charge >= 0.3 is 0 Å². The van der Waals surface area contributed by atoms with Gasteiger partial charge in [0.05, 0.1) is 6.10 Å². The summed E-state index contributed by atoms with van der Waals surface area (Å²) >= 11 is 0. The zero-order valence-electron chi connectivity index (χ0n) is 13.9. The van der Waals surface area contributed by atoms with E-state index in [-0.39, 0.29) is 18.1 Å². The Bertz CT molecular complexity index is 540. The number of aromatic nitrogens is 2. The number of hydrogen-bond acceptors (Lipinski definition) is 6. The lowest BCUT2D eigenvalue weighted by molar-refractivity contribution is 0.0312. The number of aliphatic hydroxyl groups is 1. The van der Waals surface area contributed by atoms with Gasteiger partial charge in [0.2, 0.25) is 0 Å². The predicted octanol–water partition coefficient (Wildman–Crippen LogP) is 0.214. The van der Waals surface area contributed by atoms with E-state index in [2.05, 4.69) is 15.1 Å². The van der Waals surface area contributed by atoms with E-state index in [1.807, 2.05) is 30.0 Å². The average molecular weight is 319 g/mol. The quantitative estimate of drug-likeness (QED) is 0.859. The standard InChI is InChI=1S/C16H25N5O2/c1-19(2)15-7-6-12(17-18-15)16(23)21-10-8-20(9-11-21)13-4-3-5-14(13)22/h6-7,13-14,22H,3-5,8-11H2,1-2H3/t13-,14+/m0/s1. The number of hydrogen-bond donors (Lipinski definition) is 1. The molecule has 0 spiro atoms. The minimum Gasteiger partial charge on any atom is -0.391 e. The fourth-order valence-electron chi connectivity index (χ4n) is 3.44. The first-order chi connectivity index (χ1) is 11.1. The number of carbonyl (C=O) groups is 1. The Morgan fingerprint density at radius 1 is 1.17 bits per heavy atom. The van der Waals surface area contributed by atoms with Gasteiger partial charge in [-0.1, -0.05) is 0 Å². The molecule has 7 heteroatoms. The van der Waals surface area contributed by atoms with Crippen LogP contribution in [0.25, 0.3) is 0 Å². The normalized spacial score (nSPS) is 25.6. The molecule has 1 amide bonds. The number of aliphatic hydroxyl groups excluding tert-OH is 1. The van der Waals surface area contributed by atoms with Crippen molar-refractivity contribution in [3.63, 3.8) is 0 Å². The first-order valence-electron chi connectivity index (χ1n) is 8.28. The lowest BCUT2D eigenvalue weighted by atomic mass is 10.1. The first kappa shape index (κ1) is 16.1. The van der Waals surface area contributed by atoms with Crippen molar-refractivity contribution >= 4 is 11.7 Å². The molecule has 0 bridgehead atoms. The first-order valence-corrected chi connectivity index (χ1v) is 8.28. The molecule has 1 saturated heterocycles. The summed E-state index contributed by atoms with van der Waals surface area (Å²) in [7, 11) is 3.78. The van der Waals surface area contributed by atoms with E-state index in [1.54, 1.807) is 6.07 Å². The predicted molar refractivity (Wildman–Crippen MR) is 87.5 cm³/mol. The number of carbonyl (C=O) groups excluding carboxylic acids is 1. The summed E-state index contributed by atoms with van der Waals surface area (Å²) in [5, 5.41) is 18.1. The van der Waals surface area contributed by atoms with E-state index in [0.717, 1.165) is 38.2 Å². The Kier molecular flexibility index (Phi) is 4.77. The molecular formula is C16H25N5O2. The van der Waals surface area contributed by atoms with Crippen LogP contribution < -0.4 is 4.90 Å². The molecule has 2 fully saturated rings. The summed E-state index contributed by atoms with van der Waals surface area (Å²) < 4.78 is 0. The molecule has 7 nitrogen and oxygen atoms in total. The molecule has 1 saturated carbocycles. The number of rotatable bonds is 3. The van der Waals surface area contributed by atoms with Gasteiger partial charge in [0, 0.05) is 46.3 Å². The zero-order valence-corrected chi connectivity index (χ0v) is 13.9. The third-order valence-corrected chi connectivity index (χ3v) is 4.84. The molecule has 1 N–H and O–H groups in total. The molecule has 1 aromatic heterocycles. The summed E-state index contributed by atoms with van der Waals surface area (Å²) in [5.74, 6) is 0.677. The zero-order chi connectivity index (χ0) is 16.4. The number of amides is 1. The molecule has 0 radical (unpaired) electrons. The summed E-state index contributed by atoms with van der Waals surface area (Å²) in [5.41, 5.74) is 0.393. The van der Waals surface area contributed by atoms with Crippen LogP contribution in [0, 0.1) is 0 Å². The van der Waals surface area contributed by atoms with Gasteiger partial charge in [-0.15, -0.1) is 10.2 Å². The van der Waals surface area contributed by atoms with Gasteiger partial charge in [0.1, 0.15) is 0 Å². The third-order valence-electron chi connectivity index (χ3n) is 4.84. The summed E-state index contributed by atoms with van der Waals surface area (Å²) in [6.07, 6.45) is 2.85. The maximum absolute atomic E-state index is 12.5. The van der Waals surface area contributed by atoms with Crippen LogP contribution in [0.4, 0.5) is 5.82 Å². The minimum absolute atomic E-state index is 0.0607. The highest BCUT2D eigenvalue weighted by atomic mass is 16.3. The summed E-state index contributed by atoms with van der Waals surface area (Å²) in [4.78, 5) is 18.5. The van der Waals surface area contributed by atoms with E-state index in [0.29, 0.717) is 18.8 Å². The van der Waals surface area contributed by atoms with Crippen LogP contribution in [0.2, 0.25) is 0 Å². The number of anilines is 1. The van der Waals surface area contributed by atoms with Gasteiger partial charge in [0.25, 0.3) is 5.91 Å². The number of piperazine rings is 1. The highest BCUT2D eigenvalue weighted by Gasteiger charge is 2.33. The van der Waals surface area contributed by atoms with Gasteiger partial charge < -0.3 is 14.9 Å². The minimum atomic E-state index is -0.207. The van der Waals surface area contributed by atoms with Crippen LogP contribution in [0.5, 0.6) is 0 Å². The van der Waals surface area contributed by atoms with Gasteiger partial charge in [-0.3, -0.25) is 9.69 Å². The lowest BCUT2D eigenvalue weighted by Gasteiger charge is -2.38. The molecule has 1 aliphatic heterocycles. The summed E-state index contributed by atoms with van der Waals surface area (Å²) in [6, 6.07) is 3.81. The maximum atomic E-state index is 12.5. The second-order valence-electron chi connectivity index (χ2n) is 6.56. The Hall–Kier alpha value is -1.73. The molecule has 126 valence electrons. The molecule has 23 heavy (non-hydrogen) atoms. The van der Waals surface area contributed by atoms with E-state index in [9.17, 15) is 9.90 Å². The molecule has 0 aromatic carbocycles. The van der Waals surface area contributed by atoms with Crippen LogP contribution in [-0.2, 0) is 0 Å². The monoisotopic (exact) mass is 319 g/mol. The van der Waals surface area contributed by atoms with Crippen molar-refractivity contribution in [2.45, 2.75) is 31.4 Å². The molecule has 2 aliphatic rings. The van der Waals surface area contributed by atoms with Crippen LogP contribution in [0.15, 0.2) is 12.1 Å². The largest absolute Gasteiger partial charge is 0.391 e. The van der Waals surface area contributed by atoms with Crippen LogP contribution in [0.1, 0.15) is 29.8 Å². The number of nitrogens with zero attached hydrogens (tertiary/aromatic N) is 5. The van der Waals surface area contributed by atoms with Gasteiger partial charge in [-0.25, -0.2) is 0 Å². The Balaban J connectivity index is 1.57. The second kappa shape index (κ2) is 6.80. The molecule has 2 atom stereocenters. The summed E-state index contributed by atoms with van der Waals surface area (Å²) in [6.45, 7) is 2.99. The Morgan fingerprint density at radius 2 is 1.91 bits per heavy atom.